The monoisotopic (exact) mass is 410 g/mol. The van der Waals surface area contributed by atoms with E-state index in [1.807, 2.05) is 0 Å². The third-order valence-corrected chi connectivity index (χ3v) is 4.21. The summed E-state index contributed by atoms with van der Waals surface area (Å²) in [5.74, 6) is -0.496. The SMILES string of the molecule is CC(OC(=O)CCNc1ncccn1)C(=O)NC(C)c1ccc(Cl)cc1Cl. The van der Waals surface area contributed by atoms with Gasteiger partial charge in [-0.1, -0.05) is 29.3 Å². The fraction of sp³-hybridized carbons (Fsp3) is 0.333. The van der Waals surface area contributed by atoms with Crippen molar-refractivity contribution in [2.75, 3.05) is 11.9 Å². The number of ether oxygens (including phenoxy) is 1. The van der Waals surface area contributed by atoms with Gasteiger partial charge >= 0.3 is 5.97 Å². The first-order valence-electron chi connectivity index (χ1n) is 8.32. The van der Waals surface area contributed by atoms with Crippen LogP contribution in [0, 0.1) is 0 Å². The summed E-state index contributed by atoms with van der Waals surface area (Å²) in [6.07, 6.45) is 2.33. The Morgan fingerprint density at radius 2 is 1.89 bits per heavy atom. The normalized spacial score (nSPS) is 12.7. The molecular formula is C18H20Cl2N4O3. The molecule has 2 rings (SSSR count). The van der Waals surface area contributed by atoms with Crippen LogP contribution in [-0.4, -0.2) is 34.5 Å². The van der Waals surface area contributed by atoms with Crippen molar-refractivity contribution in [1.29, 1.82) is 0 Å². The third kappa shape index (κ3) is 6.69. The Balaban J connectivity index is 1.77. The minimum atomic E-state index is -0.931. The van der Waals surface area contributed by atoms with E-state index in [0.29, 0.717) is 22.5 Å². The molecule has 1 heterocycles. The first-order valence-corrected chi connectivity index (χ1v) is 9.08. The summed E-state index contributed by atoms with van der Waals surface area (Å²) >= 11 is 12.0. The van der Waals surface area contributed by atoms with Crippen LogP contribution in [0.2, 0.25) is 10.0 Å². The number of anilines is 1. The van der Waals surface area contributed by atoms with E-state index < -0.39 is 18.0 Å². The Hall–Kier alpha value is -2.38. The quantitative estimate of drug-likeness (QED) is 0.647. The highest BCUT2D eigenvalue weighted by Crippen LogP contribution is 2.26. The second kappa shape index (κ2) is 10.1. The van der Waals surface area contributed by atoms with Crippen molar-refractivity contribution in [2.45, 2.75) is 32.4 Å². The Labute approximate surface area is 167 Å². The molecule has 7 nitrogen and oxygen atoms in total. The van der Waals surface area contributed by atoms with Gasteiger partial charge in [-0.2, -0.15) is 0 Å². The van der Waals surface area contributed by atoms with Crippen LogP contribution in [0.15, 0.2) is 36.7 Å². The molecule has 0 spiro atoms. The molecule has 1 amide bonds. The average molecular weight is 411 g/mol. The molecule has 0 bridgehead atoms. The largest absolute Gasteiger partial charge is 0.452 e. The molecule has 0 aliphatic carbocycles. The van der Waals surface area contributed by atoms with Gasteiger partial charge in [-0.25, -0.2) is 9.97 Å². The van der Waals surface area contributed by atoms with Crippen molar-refractivity contribution in [3.8, 4) is 0 Å². The molecule has 9 heteroatoms. The molecular weight excluding hydrogens is 391 g/mol. The van der Waals surface area contributed by atoms with Crippen LogP contribution in [0.3, 0.4) is 0 Å². The lowest BCUT2D eigenvalue weighted by Gasteiger charge is -2.19. The van der Waals surface area contributed by atoms with Gasteiger partial charge in [0.15, 0.2) is 6.10 Å². The molecule has 0 fully saturated rings. The number of nitrogens with zero attached hydrogens (tertiary/aromatic N) is 2. The number of carbonyl (C=O) groups excluding carboxylic acids is 2. The number of esters is 1. The number of amides is 1. The average Bonchev–Trinajstić information content (AvgIpc) is 2.62. The number of carbonyl (C=O) groups is 2. The van der Waals surface area contributed by atoms with Crippen molar-refractivity contribution in [1.82, 2.24) is 15.3 Å². The first kappa shape index (κ1) is 20.9. The topological polar surface area (TPSA) is 93.2 Å². The zero-order chi connectivity index (χ0) is 19.8. The summed E-state index contributed by atoms with van der Waals surface area (Å²) in [5, 5.41) is 6.62. The van der Waals surface area contributed by atoms with Gasteiger partial charge in [-0.15, -0.1) is 0 Å². The zero-order valence-corrected chi connectivity index (χ0v) is 16.4. The van der Waals surface area contributed by atoms with Crippen LogP contribution in [0.25, 0.3) is 0 Å². The van der Waals surface area contributed by atoms with E-state index in [1.165, 1.54) is 6.92 Å². The van der Waals surface area contributed by atoms with Gasteiger partial charge in [0.05, 0.1) is 12.5 Å². The van der Waals surface area contributed by atoms with Crippen LogP contribution in [0.4, 0.5) is 5.95 Å². The van der Waals surface area contributed by atoms with Crippen molar-refractivity contribution >= 4 is 41.0 Å². The maximum atomic E-state index is 12.2. The Morgan fingerprint density at radius 3 is 2.56 bits per heavy atom. The molecule has 144 valence electrons. The van der Waals surface area contributed by atoms with Gasteiger partial charge in [0.2, 0.25) is 5.95 Å². The highest BCUT2D eigenvalue weighted by molar-refractivity contribution is 6.35. The number of rotatable bonds is 8. The van der Waals surface area contributed by atoms with E-state index in [9.17, 15) is 9.59 Å². The highest BCUT2D eigenvalue weighted by atomic mass is 35.5. The number of hydrogen-bond donors (Lipinski definition) is 2. The fourth-order valence-corrected chi connectivity index (χ4v) is 2.81. The molecule has 0 saturated carbocycles. The summed E-state index contributed by atoms with van der Waals surface area (Å²) in [6.45, 7) is 3.59. The maximum absolute atomic E-state index is 12.2. The molecule has 2 N–H and O–H groups in total. The van der Waals surface area contributed by atoms with E-state index in [-0.39, 0.29) is 12.5 Å². The lowest BCUT2D eigenvalue weighted by Crippen LogP contribution is -2.37. The van der Waals surface area contributed by atoms with Gasteiger partial charge in [-0.3, -0.25) is 9.59 Å². The second-order valence-electron chi connectivity index (χ2n) is 5.78. The predicted molar refractivity (Wildman–Crippen MR) is 104 cm³/mol. The zero-order valence-electron chi connectivity index (χ0n) is 14.9. The van der Waals surface area contributed by atoms with Gasteiger partial charge < -0.3 is 15.4 Å². The molecule has 0 saturated heterocycles. The molecule has 0 aliphatic heterocycles. The van der Waals surface area contributed by atoms with Crippen molar-refractivity contribution < 1.29 is 14.3 Å². The minimum absolute atomic E-state index is 0.0778. The highest BCUT2D eigenvalue weighted by Gasteiger charge is 2.21. The summed E-state index contributed by atoms with van der Waals surface area (Å²) in [4.78, 5) is 32.1. The van der Waals surface area contributed by atoms with Gasteiger partial charge in [0.1, 0.15) is 0 Å². The number of aromatic nitrogens is 2. The Kier molecular flexibility index (Phi) is 7.82. The summed E-state index contributed by atoms with van der Waals surface area (Å²) in [6, 6.07) is 6.37. The fourth-order valence-electron chi connectivity index (χ4n) is 2.24. The molecule has 2 unspecified atom stereocenters. The predicted octanol–water partition coefficient (Wildman–Crippen LogP) is 3.39. The van der Waals surface area contributed by atoms with Crippen LogP contribution >= 0.6 is 23.2 Å². The molecule has 0 radical (unpaired) electrons. The summed E-state index contributed by atoms with van der Waals surface area (Å²) in [7, 11) is 0. The number of benzene rings is 1. The van der Waals surface area contributed by atoms with Gasteiger partial charge in [0, 0.05) is 29.0 Å². The van der Waals surface area contributed by atoms with Crippen LogP contribution < -0.4 is 10.6 Å². The molecule has 27 heavy (non-hydrogen) atoms. The van der Waals surface area contributed by atoms with Crippen LogP contribution in [0.1, 0.15) is 31.9 Å². The lowest BCUT2D eigenvalue weighted by molar-refractivity contribution is -0.154. The molecule has 2 aromatic rings. The number of nitrogens with one attached hydrogen (secondary N) is 2. The first-order chi connectivity index (χ1) is 12.9. The standard InChI is InChI=1S/C18H20Cl2N4O3/c1-11(14-5-4-13(19)10-15(14)20)24-17(26)12(2)27-16(25)6-9-23-18-21-7-3-8-22-18/h3-5,7-8,10-12H,6,9H2,1-2H3,(H,24,26)(H,21,22,23). The van der Waals surface area contributed by atoms with E-state index in [2.05, 4.69) is 20.6 Å². The van der Waals surface area contributed by atoms with Crippen molar-refractivity contribution in [3.63, 3.8) is 0 Å². The summed E-state index contributed by atoms with van der Waals surface area (Å²) < 4.78 is 5.15. The molecule has 2 atom stereocenters. The van der Waals surface area contributed by atoms with Gasteiger partial charge in [-0.05, 0) is 37.6 Å². The van der Waals surface area contributed by atoms with Crippen molar-refractivity contribution in [3.05, 3.63) is 52.3 Å². The lowest BCUT2D eigenvalue weighted by atomic mass is 10.1. The maximum Gasteiger partial charge on any atom is 0.308 e. The Morgan fingerprint density at radius 1 is 1.19 bits per heavy atom. The van der Waals surface area contributed by atoms with Crippen molar-refractivity contribution in [2.24, 2.45) is 0 Å². The second-order valence-corrected chi connectivity index (χ2v) is 6.62. The van der Waals surface area contributed by atoms with Crippen LogP contribution in [0.5, 0.6) is 0 Å². The van der Waals surface area contributed by atoms with Crippen LogP contribution in [-0.2, 0) is 14.3 Å². The van der Waals surface area contributed by atoms with E-state index >= 15 is 0 Å². The summed E-state index contributed by atoms with van der Waals surface area (Å²) in [5.41, 5.74) is 0.722. The number of hydrogen-bond acceptors (Lipinski definition) is 6. The molecule has 0 aliphatic rings. The molecule has 1 aromatic carbocycles. The Bertz CT molecular complexity index is 789. The van der Waals surface area contributed by atoms with E-state index in [4.69, 9.17) is 27.9 Å². The minimum Gasteiger partial charge on any atom is -0.452 e. The smallest absolute Gasteiger partial charge is 0.308 e. The van der Waals surface area contributed by atoms with E-state index in [1.54, 1.807) is 43.6 Å². The number of halogens is 2. The molecule has 1 aromatic heterocycles. The van der Waals surface area contributed by atoms with E-state index in [0.717, 1.165) is 5.56 Å². The third-order valence-electron chi connectivity index (χ3n) is 3.64. The van der Waals surface area contributed by atoms with Gasteiger partial charge in [0.25, 0.3) is 5.91 Å².